The molecular formula is C9H12BrN3S. The van der Waals surface area contributed by atoms with Crippen LogP contribution >= 0.6 is 27.3 Å². The maximum Gasteiger partial charge on any atom is 0.206 e. The van der Waals surface area contributed by atoms with Gasteiger partial charge in [-0.3, -0.25) is 0 Å². The molecule has 1 aromatic rings. The second kappa shape index (κ2) is 3.45. The molecule has 0 bridgehead atoms. The van der Waals surface area contributed by atoms with Crippen molar-refractivity contribution in [3.63, 3.8) is 0 Å². The molecule has 14 heavy (non-hydrogen) atoms. The van der Waals surface area contributed by atoms with Gasteiger partial charge in [-0.05, 0) is 40.6 Å². The number of nitrogens with zero attached hydrogens (tertiary/aromatic N) is 2. The number of fused-ring (bicyclic) bond motifs is 1. The zero-order chi connectivity index (χ0) is 9.54. The number of nitrogens with one attached hydrogen (secondary N) is 1. The molecule has 2 fully saturated rings. The molecule has 3 nitrogen and oxygen atoms in total. The van der Waals surface area contributed by atoms with E-state index in [9.17, 15) is 0 Å². The van der Waals surface area contributed by atoms with E-state index in [1.807, 2.05) is 0 Å². The second-order valence-corrected chi connectivity index (χ2v) is 6.46. The molecule has 1 aromatic heterocycles. The van der Waals surface area contributed by atoms with Gasteiger partial charge in [0.15, 0.2) is 3.92 Å². The highest BCUT2D eigenvalue weighted by molar-refractivity contribution is 9.11. The molecule has 1 unspecified atom stereocenters. The first-order chi connectivity index (χ1) is 6.83. The largest absolute Gasteiger partial charge is 0.357 e. The Morgan fingerprint density at radius 1 is 1.36 bits per heavy atom. The zero-order valence-electron chi connectivity index (χ0n) is 7.74. The summed E-state index contributed by atoms with van der Waals surface area (Å²) in [5.74, 6) is 1.93. The van der Waals surface area contributed by atoms with Crippen molar-refractivity contribution in [1.29, 1.82) is 0 Å². The Hall–Kier alpha value is -0.160. The smallest absolute Gasteiger partial charge is 0.206 e. The standard InChI is InChI=1S/C9H12BrN3S/c10-8-12-13-9(14-8)11-7-3-1-2-5-4-6(5)7/h5-7H,1-4H2,(H,11,13)/t5-,6+,7?/m0/s1. The van der Waals surface area contributed by atoms with Crippen molar-refractivity contribution in [2.24, 2.45) is 11.8 Å². The average Bonchev–Trinajstić information content (AvgIpc) is 2.86. The molecule has 0 amide bonds. The molecule has 0 saturated heterocycles. The molecule has 5 heteroatoms. The van der Waals surface area contributed by atoms with Crippen molar-refractivity contribution in [2.75, 3.05) is 5.32 Å². The Morgan fingerprint density at radius 3 is 3.07 bits per heavy atom. The molecule has 1 N–H and O–H groups in total. The second-order valence-electron chi connectivity index (χ2n) is 4.20. The van der Waals surface area contributed by atoms with Crippen molar-refractivity contribution in [2.45, 2.75) is 31.7 Å². The van der Waals surface area contributed by atoms with Gasteiger partial charge in [0.1, 0.15) is 0 Å². The van der Waals surface area contributed by atoms with Gasteiger partial charge in [0.2, 0.25) is 5.13 Å². The molecule has 0 radical (unpaired) electrons. The number of hydrogen-bond donors (Lipinski definition) is 1. The van der Waals surface area contributed by atoms with Crippen LogP contribution < -0.4 is 5.32 Å². The van der Waals surface area contributed by atoms with Crippen LogP contribution in [0.5, 0.6) is 0 Å². The molecule has 0 aliphatic heterocycles. The fraction of sp³-hybridized carbons (Fsp3) is 0.778. The van der Waals surface area contributed by atoms with Gasteiger partial charge in [-0.15, -0.1) is 10.2 Å². The minimum Gasteiger partial charge on any atom is -0.357 e. The van der Waals surface area contributed by atoms with Gasteiger partial charge in [0.05, 0.1) is 0 Å². The Morgan fingerprint density at radius 2 is 2.29 bits per heavy atom. The molecule has 3 atom stereocenters. The highest BCUT2D eigenvalue weighted by Crippen LogP contribution is 2.50. The van der Waals surface area contributed by atoms with E-state index >= 15 is 0 Å². The van der Waals surface area contributed by atoms with Gasteiger partial charge >= 0.3 is 0 Å². The van der Waals surface area contributed by atoms with Crippen LogP contribution in [0.4, 0.5) is 5.13 Å². The summed E-state index contributed by atoms with van der Waals surface area (Å²) in [6.07, 6.45) is 5.55. The molecule has 0 spiro atoms. The van der Waals surface area contributed by atoms with E-state index in [0.29, 0.717) is 6.04 Å². The summed E-state index contributed by atoms with van der Waals surface area (Å²) < 4.78 is 0.864. The number of hydrogen-bond acceptors (Lipinski definition) is 4. The van der Waals surface area contributed by atoms with Gasteiger partial charge in [0, 0.05) is 6.04 Å². The fourth-order valence-corrected chi connectivity index (χ4v) is 3.58. The first kappa shape index (κ1) is 9.09. The predicted octanol–water partition coefficient (Wildman–Crippen LogP) is 2.90. The van der Waals surface area contributed by atoms with Crippen LogP contribution in [0.15, 0.2) is 3.92 Å². The fourth-order valence-electron chi connectivity index (χ4n) is 2.51. The molecule has 2 saturated carbocycles. The average molecular weight is 274 g/mol. The monoisotopic (exact) mass is 273 g/mol. The normalized spacial score (nSPS) is 35.1. The summed E-state index contributed by atoms with van der Waals surface area (Å²) in [5.41, 5.74) is 0. The maximum atomic E-state index is 4.07. The third-order valence-corrected chi connectivity index (χ3v) is 4.58. The molecule has 76 valence electrons. The summed E-state index contributed by atoms with van der Waals surface area (Å²) >= 11 is 4.91. The van der Waals surface area contributed by atoms with Crippen LogP contribution in [0.1, 0.15) is 25.7 Å². The zero-order valence-corrected chi connectivity index (χ0v) is 10.1. The van der Waals surface area contributed by atoms with Gasteiger partial charge in [-0.2, -0.15) is 0 Å². The van der Waals surface area contributed by atoms with Crippen molar-refractivity contribution >= 4 is 32.4 Å². The van der Waals surface area contributed by atoms with Crippen LogP contribution in [0.25, 0.3) is 0 Å². The van der Waals surface area contributed by atoms with Crippen LogP contribution in [0.2, 0.25) is 0 Å². The first-order valence-corrected chi connectivity index (χ1v) is 6.69. The first-order valence-electron chi connectivity index (χ1n) is 5.08. The lowest BCUT2D eigenvalue weighted by molar-refractivity contribution is 0.439. The van der Waals surface area contributed by atoms with E-state index in [1.54, 1.807) is 11.3 Å². The van der Waals surface area contributed by atoms with Crippen LogP contribution in [-0.4, -0.2) is 16.2 Å². The molecule has 1 heterocycles. The Labute approximate surface area is 95.4 Å². The summed E-state index contributed by atoms with van der Waals surface area (Å²) in [4.78, 5) is 0. The van der Waals surface area contributed by atoms with Crippen molar-refractivity contribution in [1.82, 2.24) is 10.2 Å². The summed E-state index contributed by atoms with van der Waals surface area (Å²) in [6, 6.07) is 0.661. The van der Waals surface area contributed by atoms with E-state index in [0.717, 1.165) is 20.9 Å². The van der Waals surface area contributed by atoms with Gasteiger partial charge < -0.3 is 5.32 Å². The maximum absolute atomic E-state index is 4.07. The molecule has 2 aliphatic carbocycles. The number of aromatic nitrogens is 2. The highest BCUT2D eigenvalue weighted by atomic mass is 79.9. The Bertz CT molecular complexity index is 341. The minimum atomic E-state index is 0.661. The van der Waals surface area contributed by atoms with Crippen LogP contribution in [0, 0.1) is 11.8 Å². The van der Waals surface area contributed by atoms with Gasteiger partial charge in [-0.1, -0.05) is 24.2 Å². The van der Waals surface area contributed by atoms with E-state index in [-0.39, 0.29) is 0 Å². The number of anilines is 1. The van der Waals surface area contributed by atoms with E-state index in [4.69, 9.17) is 0 Å². The van der Waals surface area contributed by atoms with E-state index in [1.165, 1.54) is 25.7 Å². The van der Waals surface area contributed by atoms with Gasteiger partial charge in [0.25, 0.3) is 0 Å². The third-order valence-electron chi connectivity index (χ3n) is 3.29. The molecular weight excluding hydrogens is 262 g/mol. The van der Waals surface area contributed by atoms with Gasteiger partial charge in [-0.25, -0.2) is 0 Å². The van der Waals surface area contributed by atoms with Crippen LogP contribution in [0.3, 0.4) is 0 Å². The highest BCUT2D eigenvalue weighted by Gasteiger charge is 2.45. The van der Waals surface area contributed by atoms with Crippen molar-refractivity contribution < 1.29 is 0 Å². The SMILES string of the molecule is Brc1nnc(NC2CCC[C@H]3C[C@@H]23)s1. The quantitative estimate of drug-likeness (QED) is 0.901. The Kier molecular flexibility index (Phi) is 2.24. The summed E-state index contributed by atoms with van der Waals surface area (Å²) in [7, 11) is 0. The summed E-state index contributed by atoms with van der Waals surface area (Å²) in [5, 5.41) is 12.5. The number of halogens is 1. The lowest BCUT2D eigenvalue weighted by Gasteiger charge is -2.21. The molecule has 2 aliphatic rings. The Balaban J connectivity index is 1.66. The lowest BCUT2D eigenvalue weighted by atomic mass is 9.96. The number of rotatable bonds is 2. The van der Waals surface area contributed by atoms with Crippen molar-refractivity contribution in [3.05, 3.63) is 3.92 Å². The lowest BCUT2D eigenvalue weighted by Crippen LogP contribution is -2.25. The van der Waals surface area contributed by atoms with E-state index in [2.05, 4.69) is 31.4 Å². The third kappa shape index (κ3) is 1.67. The van der Waals surface area contributed by atoms with Crippen molar-refractivity contribution in [3.8, 4) is 0 Å². The predicted molar refractivity (Wildman–Crippen MR) is 60.5 cm³/mol. The minimum absolute atomic E-state index is 0.661. The van der Waals surface area contributed by atoms with Crippen LogP contribution in [-0.2, 0) is 0 Å². The topological polar surface area (TPSA) is 37.8 Å². The molecule has 0 aromatic carbocycles. The molecule has 3 rings (SSSR count). The van der Waals surface area contributed by atoms with E-state index < -0.39 is 0 Å². The summed E-state index contributed by atoms with van der Waals surface area (Å²) in [6.45, 7) is 0.